The molecule has 1 aliphatic heterocycles. The van der Waals surface area contributed by atoms with Crippen LogP contribution in [-0.4, -0.2) is 25.0 Å². The molecule has 1 heterocycles. The van der Waals surface area contributed by atoms with Gasteiger partial charge in [-0.2, -0.15) is 0 Å². The highest BCUT2D eigenvalue weighted by molar-refractivity contribution is 5.82. The molecule has 1 fully saturated rings. The van der Waals surface area contributed by atoms with Crippen LogP contribution in [0.3, 0.4) is 0 Å². The molecule has 2 N–H and O–H groups in total. The number of rotatable bonds is 4. The first-order valence-corrected chi connectivity index (χ1v) is 7.07. The average molecular weight is 260 g/mol. The quantitative estimate of drug-likeness (QED) is 0.871. The molecule has 0 bridgehead atoms. The molecule has 1 unspecified atom stereocenters. The van der Waals surface area contributed by atoms with Gasteiger partial charge >= 0.3 is 0 Å². The molecular weight excluding hydrogens is 236 g/mol. The summed E-state index contributed by atoms with van der Waals surface area (Å²) in [5.41, 5.74) is 2.49. The van der Waals surface area contributed by atoms with E-state index in [9.17, 15) is 4.79 Å². The Morgan fingerprint density at radius 3 is 2.89 bits per heavy atom. The molecule has 19 heavy (non-hydrogen) atoms. The maximum absolute atomic E-state index is 12.0. The lowest BCUT2D eigenvalue weighted by Gasteiger charge is -2.27. The molecule has 104 valence electrons. The number of carbonyl (C=O) groups is 1. The van der Waals surface area contributed by atoms with Crippen molar-refractivity contribution in [3.8, 4) is 0 Å². The van der Waals surface area contributed by atoms with Crippen molar-refractivity contribution in [2.75, 3.05) is 13.1 Å². The SMILES string of the molecule is Cc1cccc(C(C)(C)CNC(=O)C2CCCN2)c1. The zero-order valence-electron chi connectivity index (χ0n) is 12.1. The molecule has 1 amide bonds. The van der Waals surface area contributed by atoms with Gasteiger partial charge in [-0.1, -0.05) is 43.7 Å². The number of amides is 1. The highest BCUT2D eigenvalue weighted by Crippen LogP contribution is 2.23. The van der Waals surface area contributed by atoms with Crippen molar-refractivity contribution < 1.29 is 4.79 Å². The molecule has 1 atom stereocenters. The molecular formula is C16H24N2O. The normalized spacial score (nSPS) is 19.4. The number of hydrogen-bond donors (Lipinski definition) is 2. The summed E-state index contributed by atoms with van der Waals surface area (Å²) in [6.45, 7) is 8.07. The molecule has 3 heteroatoms. The van der Waals surface area contributed by atoms with Crippen molar-refractivity contribution in [1.29, 1.82) is 0 Å². The van der Waals surface area contributed by atoms with E-state index in [-0.39, 0.29) is 17.4 Å². The number of carbonyl (C=O) groups excluding carboxylic acids is 1. The van der Waals surface area contributed by atoms with Crippen molar-refractivity contribution >= 4 is 5.91 Å². The molecule has 2 rings (SSSR count). The Labute approximate surface area is 115 Å². The number of nitrogens with one attached hydrogen (secondary N) is 2. The van der Waals surface area contributed by atoms with Crippen LogP contribution in [-0.2, 0) is 10.2 Å². The van der Waals surface area contributed by atoms with Crippen LogP contribution < -0.4 is 10.6 Å². The fourth-order valence-electron chi connectivity index (χ4n) is 2.51. The van der Waals surface area contributed by atoms with Crippen molar-refractivity contribution in [2.24, 2.45) is 0 Å². The summed E-state index contributed by atoms with van der Waals surface area (Å²) in [4.78, 5) is 12.0. The molecule has 0 saturated carbocycles. The van der Waals surface area contributed by atoms with Crippen LogP contribution in [0.5, 0.6) is 0 Å². The third-order valence-electron chi connectivity index (χ3n) is 3.88. The fraction of sp³-hybridized carbons (Fsp3) is 0.562. The molecule has 3 nitrogen and oxygen atoms in total. The first kappa shape index (κ1) is 14.1. The van der Waals surface area contributed by atoms with E-state index in [1.807, 2.05) is 0 Å². The Morgan fingerprint density at radius 2 is 2.26 bits per heavy atom. The highest BCUT2D eigenvalue weighted by Gasteiger charge is 2.25. The van der Waals surface area contributed by atoms with E-state index in [0.29, 0.717) is 6.54 Å². The summed E-state index contributed by atoms with van der Waals surface area (Å²) in [7, 11) is 0. The van der Waals surface area contributed by atoms with Crippen LogP contribution in [0, 0.1) is 6.92 Å². The third kappa shape index (κ3) is 3.57. The lowest BCUT2D eigenvalue weighted by molar-refractivity contribution is -0.123. The molecule has 1 saturated heterocycles. The molecule has 1 aliphatic rings. The standard InChI is InChI=1S/C16H24N2O/c1-12-6-4-7-13(10-12)16(2,3)11-18-15(19)14-8-5-9-17-14/h4,6-7,10,14,17H,5,8-9,11H2,1-3H3,(H,18,19). The van der Waals surface area contributed by atoms with Crippen LogP contribution in [0.4, 0.5) is 0 Å². The third-order valence-corrected chi connectivity index (χ3v) is 3.88. The van der Waals surface area contributed by atoms with Gasteiger partial charge in [-0.15, -0.1) is 0 Å². The van der Waals surface area contributed by atoms with Crippen molar-refractivity contribution in [2.45, 2.75) is 45.1 Å². The van der Waals surface area contributed by atoms with Gasteiger partial charge in [0.25, 0.3) is 0 Å². The van der Waals surface area contributed by atoms with E-state index in [1.54, 1.807) is 0 Å². The lowest BCUT2D eigenvalue weighted by Crippen LogP contribution is -2.45. The zero-order chi connectivity index (χ0) is 13.9. The van der Waals surface area contributed by atoms with E-state index in [2.05, 4.69) is 55.7 Å². The van der Waals surface area contributed by atoms with Crippen LogP contribution in [0.2, 0.25) is 0 Å². The molecule has 0 aliphatic carbocycles. The smallest absolute Gasteiger partial charge is 0.237 e. The Kier molecular flexibility index (Phi) is 4.25. The Balaban J connectivity index is 1.95. The van der Waals surface area contributed by atoms with E-state index in [0.717, 1.165) is 19.4 Å². The number of benzene rings is 1. The van der Waals surface area contributed by atoms with Crippen molar-refractivity contribution in [1.82, 2.24) is 10.6 Å². The van der Waals surface area contributed by atoms with E-state index in [4.69, 9.17) is 0 Å². The lowest BCUT2D eigenvalue weighted by atomic mass is 9.84. The Hall–Kier alpha value is -1.35. The summed E-state index contributed by atoms with van der Waals surface area (Å²) in [5, 5.41) is 6.31. The molecule has 0 spiro atoms. The highest BCUT2D eigenvalue weighted by atomic mass is 16.2. The minimum absolute atomic E-state index is 0.00769. The van der Waals surface area contributed by atoms with Crippen molar-refractivity contribution in [3.63, 3.8) is 0 Å². The topological polar surface area (TPSA) is 41.1 Å². The zero-order valence-corrected chi connectivity index (χ0v) is 12.1. The number of aryl methyl sites for hydroxylation is 1. The van der Waals surface area contributed by atoms with Gasteiger partial charge in [-0.3, -0.25) is 4.79 Å². The Morgan fingerprint density at radius 1 is 1.47 bits per heavy atom. The van der Waals surface area contributed by atoms with Crippen LogP contribution in [0.1, 0.15) is 37.8 Å². The van der Waals surface area contributed by atoms with Gasteiger partial charge in [-0.05, 0) is 31.9 Å². The fourth-order valence-corrected chi connectivity index (χ4v) is 2.51. The first-order valence-electron chi connectivity index (χ1n) is 7.07. The minimum Gasteiger partial charge on any atom is -0.354 e. The number of hydrogen-bond acceptors (Lipinski definition) is 2. The predicted molar refractivity (Wildman–Crippen MR) is 78.2 cm³/mol. The second-order valence-corrected chi connectivity index (χ2v) is 6.12. The van der Waals surface area contributed by atoms with Gasteiger partial charge in [0.2, 0.25) is 5.91 Å². The summed E-state index contributed by atoms with van der Waals surface area (Å²) >= 11 is 0. The predicted octanol–water partition coefficient (Wildman–Crippen LogP) is 2.14. The summed E-state index contributed by atoms with van der Waals surface area (Å²) in [6.07, 6.45) is 2.05. The van der Waals surface area contributed by atoms with Crippen LogP contribution in [0.15, 0.2) is 24.3 Å². The molecule has 1 aromatic carbocycles. The van der Waals surface area contributed by atoms with Gasteiger partial charge in [0.1, 0.15) is 0 Å². The van der Waals surface area contributed by atoms with Crippen LogP contribution in [0.25, 0.3) is 0 Å². The summed E-state index contributed by atoms with van der Waals surface area (Å²) in [6, 6.07) is 8.51. The van der Waals surface area contributed by atoms with E-state index < -0.39 is 0 Å². The van der Waals surface area contributed by atoms with E-state index in [1.165, 1.54) is 11.1 Å². The average Bonchev–Trinajstić information content (AvgIpc) is 2.90. The Bertz CT molecular complexity index is 448. The molecule has 0 aromatic heterocycles. The minimum atomic E-state index is -0.0414. The maximum Gasteiger partial charge on any atom is 0.237 e. The second-order valence-electron chi connectivity index (χ2n) is 6.12. The summed E-state index contributed by atoms with van der Waals surface area (Å²) < 4.78 is 0. The van der Waals surface area contributed by atoms with Crippen molar-refractivity contribution in [3.05, 3.63) is 35.4 Å². The summed E-state index contributed by atoms with van der Waals surface area (Å²) in [5.74, 6) is 0.137. The monoisotopic (exact) mass is 260 g/mol. The van der Waals surface area contributed by atoms with Gasteiger partial charge in [0.15, 0.2) is 0 Å². The largest absolute Gasteiger partial charge is 0.354 e. The molecule has 1 aromatic rings. The van der Waals surface area contributed by atoms with Gasteiger partial charge in [0.05, 0.1) is 6.04 Å². The van der Waals surface area contributed by atoms with Gasteiger partial charge in [0, 0.05) is 12.0 Å². The van der Waals surface area contributed by atoms with Crippen LogP contribution >= 0.6 is 0 Å². The molecule has 0 radical (unpaired) electrons. The first-order chi connectivity index (χ1) is 8.99. The maximum atomic E-state index is 12.0. The second kappa shape index (κ2) is 5.74. The van der Waals surface area contributed by atoms with Gasteiger partial charge < -0.3 is 10.6 Å². The van der Waals surface area contributed by atoms with E-state index >= 15 is 0 Å². The van der Waals surface area contributed by atoms with Gasteiger partial charge in [-0.25, -0.2) is 0 Å².